The van der Waals surface area contributed by atoms with Crippen molar-refractivity contribution in [1.82, 2.24) is 0 Å². The van der Waals surface area contributed by atoms with Gasteiger partial charge in [0.25, 0.3) is 0 Å². The molecule has 170 valence electrons. The van der Waals surface area contributed by atoms with E-state index in [1.807, 2.05) is 23.5 Å². The van der Waals surface area contributed by atoms with Crippen LogP contribution in [0, 0.1) is 11.3 Å². The van der Waals surface area contributed by atoms with Gasteiger partial charge in [0.1, 0.15) is 0 Å². The minimum atomic E-state index is 0.387. The van der Waals surface area contributed by atoms with E-state index in [2.05, 4.69) is 116 Å². The molecule has 0 atom stereocenters. The van der Waals surface area contributed by atoms with E-state index in [0.29, 0.717) is 6.42 Å². The van der Waals surface area contributed by atoms with Crippen LogP contribution in [0.5, 0.6) is 0 Å². The second-order valence-corrected chi connectivity index (χ2v) is 9.98. The highest BCUT2D eigenvalue weighted by atomic mass is 32.1. The number of thiophene rings is 1. The van der Waals surface area contributed by atoms with Crippen molar-refractivity contribution in [1.29, 1.82) is 5.26 Å². The molecule has 0 radical (unpaired) electrons. The zero-order chi connectivity index (χ0) is 24.5. The van der Waals surface area contributed by atoms with Gasteiger partial charge in [-0.3, -0.25) is 0 Å². The zero-order valence-electron chi connectivity index (χ0n) is 19.7. The van der Waals surface area contributed by atoms with E-state index < -0.39 is 0 Å². The third kappa shape index (κ3) is 3.90. The molecule has 0 bridgehead atoms. The van der Waals surface area contributed by atoms with Crippen molar-refractivity contribution in [2.24, 2.45) is 0 Å². The van der Waals surface area contributed by atoms with Gasteiger partial charge in [0.05, 0.1) is 12.5 Å². The summed E-state index contributed by atoms with van der Waals surface area (Å²) in [6, 6.07) is 39.1. The van der Waals surface area contributed by atoms with Crippen LogP contribution >= 0.6 is 11.3 Å². The molecule has 0 N–H and O–H groups in total. The number of nitriles is 1. The van der Waals surface area contributed by atoms with E-state index in [1.54, 1.807) is 0 Å². The average molecular weight is 478 g/mol. The van der Waals surface area contributed by atoms with Gasteiger partial charge in [0.2, 0.25) is 0 Å². The fraction of sp³-hybridized carbons (Fsp3) is 0.0294. The molecule has 0 amide bonds. The Morgan fingerprint density at radius 1 is 0.722 bits per heavy atom. The summed E-state index contributed by atoms with van der Waals surface area (Å²) in [5, 5.41) is 14.0. The lowest BCUT2D eigenvalue weighted by molar-refractivity contribution is 1.35. The van der Waals surface area contributed by atoms with Crippen LogP contribution in [0.2, 0.25) is 0 Å². The predicted octanol–water partition coefficient (Wildman–Crippen LogP) is 10.0. The first-order valence-corrected chi connectivity index (χ1v) is 12.8. The van der Waals surface area contributed by atoms with Crippen molar-refractivity contribution in [2.75, 3.05) is 0 Å². The molecule has 36 heavy (non-hydrogen) atoms. The summed E-state index contributed by atoms with van der Waals surface area (Å²) in [4.78, 5) is 0. The topological polar surface area (TPSA) is 23.8 Å². The molecule has 6 rings (SSSR count). The molecule has 6 aromatic rings. The summed E-state index contributed by atoms with van der Waals surface area (Å²) in [5.74, 6) is 0. The first-order valence-electron chi connectivity index (χ1n) is 12.0. The number of fused-ring (bicyclic) bond motifs is 5. The van der Waals surface area contributed by atoms with Gasteiger partial charge in [0.15, 0.2) is 0 Å². The summed E-state index contributed by atoms with van der Waals surface area (Å²) < 4.78 is 2.60. The molecule has 1 heterocycles. The quantitative estimate of drug-likeness (QED) is 0.227. The highest BCUT2D eigenvalue weighted by molar-refractivity contribution is 7.26. The number of hydrogen-bond acceptors (Lipinski definition) is 2. The Morgan fingerprint density at radius 3 is 2.33 bits per heavy atom. The van der Waals surface area contributed by atoms with Gasteiger partial charge < -0.3 is 0 Å². The molecule has 0 aliphatic heterocycles. The molecule has 0 unspecified atom stereocenters. The molecule has 0 fully saturated rings. The Morgan fingerprint density at radius 2 is 1.50 bits per heavy atom. The van der Waals surface area contributed by atoms with Crippen molar-refractivity contribution in [3.05, 3.63) is 127 Å². The maximum atomic E-state index is 8.83. The van der Waals surface area contributed by atoms with Crippen LogP contribution in [0.4, 0.5) is 0 Å². The molecule has 0 spiro atoms. The number of benzene rings is 5. The van der Waals surface area contributed by atoms with Crippen LogP contribution in [-0.4, -0.2) is 0 Å². The average Bonchev–Trinajstić information content (AvgIpc) is 3.31. The van der Waals surface area contributed by atoms with E-state index in [0.717, 1.165) is 11.1 Å². The number of rotatable bonds is 5. The van der Waals surface area contributed by atoms with Crippen molar-refractivity contribution in [3.8, 4) is 28.3 Å². The van der Waals surface area contributed by atoms with E-state index in [9.17, 15) is 0 Å². The summed E-state index contributed by atoms with van der Waals surface area (Å²) in [6.07, 6.45) is 4.18. The Labute approximate surface area is 214 Å². The standard InChI is InChI=1S/C34H23NS/c1-23(10-7-8-19-35)25-13-9-14-27(20-25)31-22-33-34(29-16-6-5-15-28(29)31)30-18-17-26(21-32(30)36-33)24-11-3-2-4-12-24/h2-7,9-18,20-22H,1,8H2/b10-7-. The lowest BCUT2D eigenvalue weighted by Gasteiger charge is -2.11. The Kier molecular flexibility index (Phi) is 5.70. The van der Waals surface area contributed by atoms with Gasteiger partial charge in [0, 0.05) is 20.2 Å². The highest BCUT2D eigenvalue weighted by Gasteiger charge is 2.14. The first-order chi connectivity index (χ1) is 17.7. The zero-order valence-corrected chi connectivity index (χ0v) is 20.6. The van der Waals surface area contributed by atoms with E-state index in [4.69, 9.17) is 5.26 Å². The molecule has 1 aromatic heterocycles. The SMILES string of the molecule is C=C(/C=C\CC#N)c1cccc(-c2cc3sc4cc(-c5ccccc5)ccc4c3c3ccccc23)c1. The summed E-state index contributed by atoms with van der Waals surface area (Å²) in [7, 11) is 0. The van der Waals surface area contributed by atoms with E-state index in [-0.39, 0.29) is 0 Å². The fourth-order valence-electron chi connectivity index (χ4n) is 4.93. The lowest BCUT2D eigenvalue weighted by Crippen LogP contribution is -1.86. The number of allylic oxidation sites excluding steroid dienone is 3. The molecule has 2 heteroatoms. The molecule has 0 saturated heterocycles. The van der Waals surface area contributed by atoms with Crippen LogP contribution in [0.15, 0.2) is 122 Å². The molecule has 5 aromatic carbocycles. The molecule has 0 aliphatic rings. The van der Waals surface area contributed by atoms with Crippen LogP contribution in [0.25, 0.3) is 58.8 Å². The van der Waals surface area contributed by atoms with Crippen LogP contribution in [0.3, 0.4) is 0 Å². The smallest absolute Gasteiger partial charge is 0.0663 e. The normalized spacial score (nSPS) is 11.4. The Balaban J connectivity index is 1.54. The van der Waals surface area contributed by atoms with Gasteiger partial charge in [-0.2, -0.15) is 5.26 Å². The molecule has 1 nitrogen and oxygen atoms in total. The van der Waals surface area contributed by atoms with Gasteiger partial charge in [-0.15, -0.1) is 11.3 Å². The van der Waals surface area contributed by atoms with E-state index in [1.165, 1.54) is 53.2 Å². The van der Waals surface area contributed by atoms with E-state index >= 15 is 0 Å². The van der Waals surface area contributed by atoms with Crippen LogP contribution < -0.4 is 0 Å². The number of nitrogens with zero attached hydrogens (tertiary/aromatic N) is 1. The molecule has 0 saturated carbocycles. The third-order valence-electron chi connectivity index (χ3n) is 6.66. The maximum Gasteiger partial charge on any atom is 0.0663 e. The van der Waals surface area contributed by atoms with Gasteiger partial charge in [-0.25, -0.2) is 0 Å². The minimum Gasteiger partial charge on any atom is -0.198 e. The van der Waals surface area contributed by atoms with Gasteiger partial charge >= 0.3 is 0 Å². The van der Waals surface area contributed by atoms with Gasteiger partial charge in [-0.05, 0) is 62.4 Å². The van der Waals surface area contributed by atoms with Gasteiger partial charge in [-0.1, -0.05) is 104 Å². The number of hydrogen-bond donors (Lipinski definition) is 0. The largest absolute Gasteiger partial charge is 0.198 e. The van der Waals surface area contributed by atoms with Crippen molar-refractivity contribution >= 4 is 47.9 Å². The molecule has 0 aliphatic carbocycles. The minimum absolute atomic E-state index is 0.387. The summed E-state index contributed by atoms with van der Waals surface area (Å²) in [6.45, 7) is 4.21. The van der Waals surface area contributed by atoms with Crippen molar-refractivity contribution in [3.63, 3.8) is 0 Å². The lowest BCUT2D eigenvalue weighted by atomic mass is 9.93. The Hall–Kier alpha value is -4.45. The van der Waals surface area contributed by atoms with Crippen molar-refractivity contribution in [2.45, 2.75) is 6.42 Å². The Bertz CT molecular complexity index is 1830. The second-order valence-electron chi connectivity index (χ2n) is 8.89. The highest BCUT2D eigenvalue weighted by Crippen LogP contribution is 2.43. The monoisotopic (exact) mass is 477 g/mol. The van der Waals surface area contributed by atoms with Crippen molar-refractivity contribution < 1.29 is 0 Å². The molecular formula is C34H23NS. The first kappa shape index (κ1) is 22.0. The van der Waals surface area contributed by atoms with Crippen LogP contribution in [0.1, 0.15) is 12.0 Å². The summed E-state index contributed by atoms with van der Waals surface area (Å²) in [5.41, 5.74) is 6.85. The van der Waals surface area contributed by atoms with Crippen LogP contribution in [-0.2, 0) is 0 Å². The summed E-state index contributed by atoms with van der Waals surface area (Å²) >= 11 is 1.86. The second kappa shape index (κ2) is 9.30. The molecular weight excluding hydrogens is 454 g/mol. The predicted molar refractivity (Wildman–Crippen MR) is 156 cm³/mol. The fourth-order valence-corrected chi connectivity index (χ4v) is 6.13. The third-order valence-corrected chi connectivity index (χ3v) is 7.76. The maximum absolute atomic E-state index is 8.83.